The predicted octanol–water partition coefficient (Wildman–Crippen LogP) is 4.42. The van der Waals surface area contributed by atoms with Gasteiger partial charge in [0.2, 0.25) is 0 Å². The second kappa shape index (κ2) is 6.31. The van der Waals surface area contributed by atoms with Gasteiger partial charge < -0.3 is 10.1 Å². The van der Waals surface area contributed by atoms with E-state index in [1.54, 1.807) is 0 Å². The highest BCUT2D eigenvalue weighted by Gasteiger charge is 2.23. The number of nitrogens with one attached hydrogen (secondary N) is 1. The van der Waals surface area contributed by atoms with Gasteiger partial charge in [-0.25, -0.2) is 0 Å². The van der Waals surface area contributed by atoms with E-state index >= 15 is 0 Å². The van der Waals surface area contributed by atoms with Gasteiger partial charge >= 0.3 is 0 Å². The summed E-state index contributed by atoms with van der Waals surface area (Å²) in [6.45, 7) is 6.14. The van der Waals surface area contributed by atoms with Crippen molar-refractivity contribution >= 4 is 0 Å². The van der Waals surface area contributed by atoms with Crippen LogP contribution in [0.25, 0.3) is 0 Å². The molecule has 0 amide bonds. The van der Waals surface area contributed by atoms with Crippen molar-refractivity contribution in [2.24, 2.45) is 0 Å². The molecule has 0 radical (unpaired) electrons. The highest BCUT2D eigenvalue weighted by Crippen LogP contribution is 2.38. The molecule has 2 nitrogen and oxygen atoms in total. The fourth-order valence-electron chi connectivity index (χ4n) is 2.95. The van der Waals surface area contributed by atoms with Gasteiger partial charge in [0.25, 0.3) is 0 Å². The predicted molar refractivity (Wildman–Crippen MR) is 86.7 cm³/mol. The van der Waals surface area contributed by atoms with Crippen molar-refractivity contribution in [2.75, 3.05) is 6.61 Å². The Labute approximate surface area is 127 Å². The van der Waals surface area contributed by atoms with Gasteiger partial charge in [-0.3, -0.25) is 0 Å². The van der Waals surface area contributed by atoms with Crippen molar-refractivity contribution in [3.63, 3.8) is 0 Å². The molecule has 2 heteroatoms. The number of hydrogen-bond donors (Lipinski definition) is 1. The summed E-state index contributed by atoms with van der Waals surface area (Å²) in [6, 6.07) is 17.5. The average Bonchev–Trinajstić information content (AvgIpc) is 2.53. The summed E-state index contributed by atoms with van der Waals surface area (Å²) in [5, 5.41) is 3.68. The molecule has 0 spiro atoms. The number of hydrogen-bond acceptors (Lipinski definition) is 2. The molecular formula is C19H23NO. The van der Waals surface area contributed by atoms with E-state index in [9.17, 15) is 0 Å². The fourth-order valence-corrected chi connectivity index (χ4v) is 2.95. The van der Waals surface area contributed by atoms with Gasteiger partial charge in [0.05, 0.1) is 6.61 Å². The molecule has 1 aliphatic heterocycles. The second-order valence-electron chi connectivity index (χ2n) is 5.98. The lowest BCUT2D eigenvalue weighted by Crippen LogP contribution is -2.27. The van der Waals surface area contributed by atoms with Crippen LogP contribution in [0, 0.1) is 0 Å². The highest BCUT2D eigenvalue weighted by molar-refractivity contribution is 5.46. The smallest absolute Gasteiger partial charge is 0.127 e. The van der Waals surface area contributed by atoms with Crippen molar-refractivity contribution in [3.05, 3.63) is 65.2 Å². The third-order valence-electron chi connectivity index (χ3n) is 4.12. The summed E-state index contributed by atoms with van der Waals surface area (Å²) in [7, 11) is 0. The quantitative estimate of drug-likeness (QED) is 0.895. The standard InChI is InChI=1S/C19H23NO/c1-14(2)16-9-6-10-17-18(11-12-21-19(16)17)20-13-15-7-4-3-5-8-15/h3-10,14,18,20H,11-13H2,1-2H3. The first kappa shape index (κ1) is 14.2. The van der Waals surface area contributed by atoms with Crippen LogP contribution >= 0.6 is 0 Å². The van der Waals surface area contributed by atoms with Gasteiger partial charge in [-0.05, 0) is 17.0 Å². The molecule has 1 aliphatic rings. The highest BCUT2D eigenvalue weighted by atomic mass is 16.5. The van der Waals surface area contributed by atoms with Gasteiger partial charge in [-0.15, -0.1) is 0 Å². The summed E-state index contributed by atoms with van der Waals surface area (Å²) >= 11 is 0. The summed E-state index contributed by atoms with van der Waals surface area (Å²) < 4.78 is 5.96. The van der Waals surface area contributed by atoms with Gasteiger partial charge in [0.15, 0.2) is 0 Å². The number of ether oxygens (including phenoxy) is 1. The zero-order valence-corrected chi connectivity index (χ0v) is 12.8. The molecule has 3 rings (SSSR count). The van der Waals surface area contributed by atoms with E-state index in [1.165, 1.54) is 16.7 Å². The maximum absolute atomic E-state index is 5.96. The van der Waals surface area contributed by atoms with Crippen LogP contribution in [0.3, 0.4) is 0 Å². The molecule has 0 bridgehead atoms. The Balaban J connectivity index is 1.79. The monoisotopic (exact) mass is 281 g/mol. The Kier molecular flexibility index (Phi) is 4.26. The van der Waals surface area contributed by atoms with Crippen LogP contribution in [0.15, 0.2) is 48.5 Å². The van der Waals surface area contributed by atoms with Crippen molar-refractivity contribution in [1.29, 1.82) is 0 Å². The Morgan fingerprint density at radius 3 is 2.67 bits per heavy atom. The maximum atomic E-state index is 5.96. The van der Waals surface area contributed by atoms with Crippen molar-refractivity contribution < 1.29 is 4.74 Å². The molecule has 2 aromatic rings. The lowest BCUT2D eigenvalue weighted by molar-refractivity contribution is 0.249. The number of fused-ring (bicyclic) bond motifs is 1. The topological polar surface area (TPSA) is 21.3 Å². The van der Waals surface area contributed by atoms with Gasteiger partial charge in [0, 0.05) is 24.6 Å². The van der Waals surface area contributed by atoms with Crippen LogP contribution in [-0.4, -0.2) is 6.61 Å². The van der Waals surface area contributed by atoms with E-state index < -0.39 is 0 Å². The lowest BCUT2D eigenvalue weighted by Gasteiger charge is -2.29. The van der Waals surface area contributed by atoms with E-state index in [4.69, 9.17) is 4.74 Å². The zero-order chi connectivity index (χ0) is 14.7. The maximum Gasteiger partial charge on any atom is 0.127 e. The molecule has 0 saturated carbocycles. The minimum Gasteiger partial charge on any atom is -0.493 e. The molecule has 0 aromatic heterocycles. The normalized spacial score (nSPS) is 17.4. The molecule has 1 heterocycles. The van der Waals surface area contributed by atoms with E-state index in [2.05, 4.69) is 67.7 Å². The first-order valence-electron chi connectivity index (χ1n) is 7.78. The number of rotatable bonds is 4. The van der Waals surface area contributed by atoms with Crippen LogP contribution < -0.4 is 10.1 Å². The minimum absolute atomic E-state index is 0.382. The molecule has 2 aromatic carbocycles. The number of benzene rings is 2. The third kappa shape index (κ3) is 3.11. The second-order valence-corrected chi connectivity index (χ2v) is 5.98. The van der Waals surface area contributed by atoms with Crippen LogP contribution in [0.5, 0.6) is 5.75 Å². The minimum atomic E-state index is 0.382. The summed E-state index contributed by atoms with van der Waals surface area (Å²) in [5.74, 6) is 1.59. The first-order valence-corrected chi connectivity index (χ1v) is 7.78. The number of para-hydroxylation sites is 1. The molecule has 1 unspecified atom stereocenters. The lowest BCUT2D eigenvalue weighted by atomic mass is 9.93. The van der Waals surface area contributed by atoms with E-state index in [0.29, 0.717) is 12.0 Å². The summed E-state index contributed by atoms with van der Waals surface area (Å²) in [5.41, 5.74) is 3.95. The SMILES string of the molecule is CC(C)c1cccc2c1OCCC2NCc1ccccc1. The molecule has 0 saturated heterocycles. The van der Waals surface area contributed by atoms with Crippen molar-refractivity contribution in [1.82, 2.24) is 5.32 Å². The largest absolute Gasteiger partial charge is 0.493 e. The van der Waals surface area contributed by atoms with Gasteiger partial charge in [0.1, 0.15) is 5.75 Å². The van der Waals surface area contributed by atoms with Gasteiger partial charge in [-0.1, -0.05) is 62.4 Å². The van der Waals surface area contributed by atoms with Crippen LogP contribution in [-0.2, 0) is 6.54 Å². The first-order chi connectivity index (χ1) is 10.3. The van der Waals surface area contributed by atoms with Crippen LogP contribution in [0.4, 0.5) is 0 Å². The Hall–Kier alpha value is -1.80. The molecule has 110 valence electrons. The molecule has 0 aliphatic carbocycles. The van der Waals surface area contributed by atoms with Crippen LogP contribution in [0.2, 0.25) is 0 Å². The Bertz CT molecular complexity index is 592. The van der Waals surface area contributed by atoms with E-state index in [0.717, 1.165) is 25.3 Å². The molecule has 0 fully saturated rings. The molecule has 1 atom stereocenters. The average molecular weight is 281 g/mol. The fraction of sp³-hybridized carbons (Fsp3) is 0.368. The third-order valence-corrected chi connectivity index (χ3v) is 4.12. The summed E-state index contributed by atoms with van der Waals surface area (Å²) in [4.78, 5) is 0. The van der Waals surface area contributed by atoms with Crippen molar-refractivity contribution in [3.8, 4) is 5.75 Å². The van der Waals surface area contributed by atoms with E-state index in [1.807, 2.05) is 0 Å². The Morgan fingerprint density at radius 1 is 1.10 bits per heavy atom. The van der Waals surface area contributed by atoms with Crippen molar-refractivity contribution in [2.45, 2.75) is 38.8 Å². The molecule has 1 N–H and O–H groups in total. The molecule has 21 heavy (non-hydrogen) atoms. The van der Waals surface area contributed by atoms with Gasteiger partial charge in [-0.2, -0.15) is 0 Å². The Morgan fingerprint density at radius 2 is 1.90 bits per heavy atom. The molecular weight excluding hydrogens is 258 g/mol. The zero-order valence-electron chi connectivity index (χ0n) is 12.8. The van der Waals surface area contributed by atoms with E-state index in [-0.39, 0.29) is 0 Å². The van der Waals surface area contributed by atoms with Crippen LogP contribution in [0.1, 0.15) is 48.9 Å². The summed E-state index contributed by atoms with van der Waals surface area (Å²) in [6.07, 6.45) is 1.03.